The maximum absolute atomic E-state index is 12.3. The van der Waals surface area contributed by atoms with Crippen LogP contribution < -0.4 is 11.1 Å². The smallest absolute Gasteiger partial charge is 0.261 e. The minimum atomic E-state index is -0.390. The average Bonchev–Trinajstić information content (AvgIpc) is 2.88. The first kappa shape index (κ1) is 14.3. The Kier molecular flexibility index (Phi) is 3.59. The average molecular weight is 300 g/mol. The quantitative estimate of drug-likeness (QED) is 0.915. The number of thiophene rings is 1. The van der Waals surface area contributed by atoms with Crippen LogP contribution in [0.1, 0.15) is 34.6 Å². The van der Waals surface area contributed by atoms with Crippen molar-refractivity contribution in [2.75, 3.05) is 6.54 Å². The molecule has 110 valence electrons. The number of benzene rings is 1. The molecule has 4 heteroatoms. The Bertz CT molecular complexity index is 682. The molecule has 21 heavy (non-hydrogen) atoms. The number of carbonyl (C=O) groups excluding carboxylic acids is 1. The van der Waals surface area contributed by atoms with Gasteiger partial charge in [-0.3, -0.25) is 4.79 Å². The van der Waals surface area contributed by atoms with Gasteiger partial charge in [-0.2, -0.15) is 0 Å². The van der Waals surface area contributed by atoms with Crippen molar-refractivity contribution in [1.82, 2.24) is 5.32 Å². The fourth-order valence-corrected chi connectivity index (χ4v) is 3.77. The molecule has 3 nitrogen and oxygen atoms in total. The van der Waals surface area contributed by atoms with Gasteiger partial charge in [0.1, 0.15) is 0 Å². The van der Waals surface area contributed by atoms with Crippen LogP contribution in [-0.4, -0.2) is 18.0 Å². The second kappa shape index (κ2) is 5.28. The summed E-state index contributed by atoms with van der Waals surface area (Å²) in [6.07, 6.45) is 2.06. The molecular formula is C17H20N2OS. The van der Waals surface area contributed by atoms with E-state index in [4.69, 9.17) is 5.73 Å². The predicted octanol–water partition coefficient (Wildman–Crippen LogP) is 2.98. The van der Waals surface area contributed by atoms with Gasteiger partial charge in [-0.1, -0.05) is 24.3 Å². The number of amides is 1. The highest BCUT2D eigenvalue weighted by Gasteiger charge is 2.22. The van der Waals surface area contributed by atoms with Crippen molar-refractivity contribution in [2.45, 2.75) is 32.2 Å². The number of nitrogens with one attached hydrogen (secondary N) is 1. The largest absolute Gasteiger partial charge is 0.350 e. The number of hydrogen-bond acceptors (Lipinski definition) is 3. The minimum Gasteiger partial charge on any atom is -0.350 e. The molecule has 0 radical (unpaired) electrons. The van der Waals surface area contributed by atoms with Crippen LogP contribution >= 0.6 is 11.3 Å². The molecule has 1 aliphatic rings. The van der Waals surface area contributed by atoms with Crippen LogP contribution in [0.4, 0.5) is 0 Å². The van der Waals surface area contributed by atoms with E-state index in [1.54, 1.807) is 11.3 Å². The second-order valence-corrected chi connectivity index (χ2v) is 7.35. The number of hydrogen-bond donors (Lipinski definition) is 2. The molecule has 0 saturated carbocycles. The molecule has 1 amide bonds. The zero-order chi connectivity index (χ0) is 15.0. The standard InChI is InChI=1S/C17H20N2OS/c1-17(2,18)10-19-16(20)14-9-12-8-7-11-5-3-4-6-13(11)15(12)21-14/h3-6,9H,7-8,10,18H2,1-2H3,(H,19,20). The van der Waals surface area contributed by atoms with Gasteiger partial charge >= 0.3 is 0 Å². The Balaban J connectivity index is 1.85. The maximum atomic E-state index is 12.3. The van der Waals surface area contributed by atoms with E-state index in [2.05, 4.69) is 29.6 Å². The lowest BCUT2D eigenvalue weighted by Crippen LogP contribution is -2.44. The minimum absolute atomic E-state index is 0.0228. The van der Waals surface area contributed by atoms with Gasteiger partial charge in [0.2, 0.25) is 0 Å². The van der Waals surface area contributed by atoms with E-state index in [1.165, 1.54) is 21.6 Å². The number of nitrogens with two attached hydrogens (primary N) is 1. The molecule has 1 heterocycles. The molecule has 0 aliphatic heterocycles. The Labute approximate surface area is 129 Å². The summed E-state index contributed by atoms with van der Waals surface area (Å²) in [5.74, 6) is -0.0228. The summed E-state index contributed by atoms with van der Waals surface area (Å²) >= 11 is 1.58. The highest BCUT2D eigenvalue weighted by molar-refractivity contribution is 7.17. The van der Waals surface area contributed by atoms with Gasteiger partial charge in [-0.15, -0.1) is 11.3 Å². The van der Waals surface area contributed by atoms with Gasteiger partial charge in [0.05, 0.1) is 4.88 Å². The molecule has 3 rings (SSSR count). The lowest BCUT2D eigenvalue weighted by Gasteiger charge is -2.18. The van der Waals surface area contributed by atoms with Gasteiger partial charge in [0, 0.05) is 17.0 Å². The summed E-state index contributed by atoms with van der Waals surface area (Å²) in [5.41, 5.74) is 9.47. The van der Waals surface area contributed by atoms with Crippen LogP contribution in [0.25, 0.3) is 10.4 Å². The Morgan fingerprint density at radius 1 is 1.29 bits per heavy atom. The van der Waals surface area contributed by atoms with E-state index >= 15 is 0 Å². The molecule has 0 fully saturated rings. The third-order valence-electron chi connectivity index (χ3n) is 3.66. The van der Waals surface area contributed by atoms with Crippen molar-refractivity contribution < 1.29 is 4.79 Å². The molecular weight excluding hydrogens is 280 g/mol. The number of fused-ring (bicyclic) bond motifs is 3. The molecule has 0 saturated heterocycles. The van der Waals surface area contributed by atoms with Crippen LogP contribution in [-0.2, 0) is 12.8 Å². The summed E-state index contributed by atoms with van der Waals surface area (Å²) in [4.78, 5) is 14.3. The van der Waals surface area contributed by atoms with Crippen molar-refractivity contribution in [3.63, 3.8) is 0 Å². The molecule has 0 unspecified atom stereocenters. The molecule has 0 atom stereocenters. The van der Waals surface area contributed by atoms with Crippen molar-refractivity contribution in [1.29, 1.82) is 0 Å². The van der Waals surface area contributed by atoms with Crippen molar-refractivity contribution >= 4 is 17.2 Å². The fraction of sp³-hybridized carbons (Fsp3) is 0.353. The van der Waals surface area contributed by atoms with Crippen LogP contribution in [0, 0.1) is 0 Å². The maximum Gasteiger partial charge on any atom is 0.261 e. The molecule has 1 aliphatic carbocycles. The molecule has 0 spiro atoms. The van der Waals surface area contributed by atoms with Crippen LogP contribution in [0.2, 0.25) is 0 Å². The van der Waals surface area contributed by atoms with Crippen molar-refractivity contribution in [2.24, 2.45) is 5.73 Å². The summed E-state index contributed by atoms with van der Waals surface area (Å²) in [7, 11) is 0. The first-order valence-corrected chi connectivity index (χ1v) is 8.04. The van der Waals surface area contributed by atoms with E-state index in [9.17, 15) is 4.79 Å². The lowest BCUT2D eigenvalue weighted by molar-refractivity contribution is 0.0950. The molecule has 0 bridgehead atoms. The van der Waals surface area contributed by atoms with E-state index in [0.717, 1.165) is 17.7 Å². The molecule has 1 aromatic heterocycles. The van der Waals surface area contributed by atoms with Gasteiger partial charge in [0.25, 0.3) is 5.91 Å². The Morgan fingerprint density at radius 2 is 2.00 bits per heavy atom. The zero-order valence-corrected chi connectivity index (χ0v) is 13.2. The van der Waals surface area contributed by atoms with E-state index < -0.39 is 0 Å². The zero-order valence-electron chi connectivity index (χ0n) is 12.4. The molecule has 2 aromatic rings. The van der Waals surface area contributed by atoms with Gasteiger partial charge in [-0.05, 0) is 49.4 Å². The monoisotopic (exact) mass is 300 g/mol. The number of rotatable bonds is 3. The Hall–Kier alpha value is -1.65. The van der Waals surface area contributed by atoms with Gasteiger partial charge in [-0.25, -0.2) is 0 Å². The highest BCUT2D eigenvalue weighted by Crippen LogP contribution is 2.39. The fourth-order valence-electron chi connectivity index (χ4n) is 2.58. The summed E-state index contributed by atoms with van der Waals surface area (Å²) in [6, 6.07) is 10.5. The van der Waals surface area contributed by atoms with Gasteiger partial charge in [0.15, 0.2) is 0 Å². The van der Waals surface area contributed by atoms with E-state index in [-0.39, 0.29) is 11.4 Å². The first-order chi connectivity index (χ1) is 9.94. The third-order valence-corrected chi connectivity index (χ3v) is 4.87. The van der Waals surface area contributed by atoms with Crippen LogP contribution in [0.15, 0.2) is 30.3 Å². The molecule has 1 aromatic carbocycles. The third kappa shape index (κ3) is 3.01. The van der Waals surface area contributed by atoms with E-state index in [0.29, 0.717) is 6.54 Å². The SMILES string of the molecule is CC(C)(N)CNC(=O)c1cc2c(s1)-c1ccccc1CC2. The Morgan fingerprint density at radius 3 is 2.76 bits per heavy atom. The van der Waals surface area contributed by atoms with Crippen LogP contribution in [0.5, 0.6) is 0 Å². The normalized spacial score (nSPS) is 13.5. The van der Waals surface area contributed by atoms with Crippen molar-refractivity contribution in [3.05, 3.63) is 46.3 Å². The van der Waals surface area contributed by atoms with Crippen molar-refractivity contribution in [3.8, 4) is 10.4 Å². The summed E-state index contributed by atoms with van der Waals surface area (Å²) in [6.45, 7) is 4.29. The second-order valence-electron chi connectivity index (χ2n) is 6.29. The van der Waals surface area contributed by atoms with Crippen LogP contribution in [0.3, 0.4) is 0 Å². The summed E-state index contributed by atoms with van der Waals surface area (Å²) < 4.78 is 0. The number of carbonyl (C=O) groups is 1. The number of aryl methyl sites for hydroxylation is 2. The van der Waals surface area contributed by atoms with Gasteiger partial charge < -0.3 is 11.1 Å². The summed E-state index contributed by atoms with van der Waals surface area (Å²) in [5, 5.41) is 2.92. The predicted molar refractivity (Wildman–Crippen MR) is 87.8 cm³/mol. The lowest BCUT2D eigenvalue weighted by atomic mass is 9.91. The first-order valence-electron chi connectivity index (χ1n) is 7.22. The van der Waals surface area contributed by atoms with E-state index in [1.807, 2.05) is 19.9 Å². The topological polar surface area (TPSA) is 55.1 Å². The molecule has 3 N–H and O–H groups in total. The highest BCUT2D eigenvalue weighted by atomic mass is 32.1.